The van der Waals surface area contributed by atoms with Gasteiger partial charge in [0.05, 0.1) is 11.5 Å². The fourth-order valence-electron chi connectivity index (χ4n) is 5.42. The summed E-state index contributed by atoms with van der Waals surface area (Å²) in [5, 5.41) is 11.3. The van der Waals surface area contributed by atoms with E-state index in [1.54, 1.807) is 29.2 Å². The molecule has 3 rings (SSSR count). The monoisotopic (exact) mass is 555 g/mol. The molecule has 2 aromatic carbocycles. The van der Waals surface area contributed by atoms with Crippen LogP contribution in [-0.2, 0) is 4.79 Å². The average Bonchev–Trinajstić information content (AvgIpc) is 2.82. The highest BCUT2D eigenvalue weighted by Crippen LogP contribution is 2.53. The van der Waals surface area contributed by atoms with Crippen LogP contribution in [0, 0.1) is 5.41 Å². The number of amides is 1. The van der Waals surface area contributed by atoms with Crippen LogP contribution in [0.15, 0.2) is 61.2 Å². The number of allylic oxidation sites excluding steroid dienone is 1. The van der Waals surface area contributed by atoms with E-state index in [-0.39, 0.29) is 18.2 Å². The highest BCUT2D eigenvalue weighted by molar-refractivity contribution is 6.30. The van der Waals surface area contributed by atoms with Crippen molar-refractivity contribution in [3.05, 3.63) is 82.4 Å². The molecule has 3 nitrogen and oxygen atoms in total. The summed E-state index contributed by atoms with van der Waals surface area (Å²) in [6.07, 6.45) is -2.23. The molecule has 202 valence electrons. The number of rotatable bonds is 9. The van der Waals surface area contributed by atoms with Crippen LogP contribution in [0.2, 0.25) is 10.0 Å². The molecule has 1 fully saturated rings. The number of aliphatic hydroxyl groups is 1. The first-order valence-corrected chi connectivity index (χ1v) is 13.2. The Hall–Kier alpha value is -2.02. The standard InChI is InChI=1S/C29H34Cl2F3NO2/c1-5-15-27(3)18-24(20-8-7-9-22(31)17-20)25(19-10-12-21(30)13-11-19)35(26(27)36)23(6-2)14-16-28(4,37)29(32,33)34/h5,7-13,17,23-25,37H,1,6,14-16,18H2,2-4H3/t23-,24+,25+,27-,28-/m0/s1. The van der Waals surface area contributed by atoms with E-state index in [4.69, 9.17) is 23.2 Å². The summed E-state index contributed by atoms with van der Waals surface area (Å²) >= 11 is 12.5. The molecule has 0 bridgehead atoms. The van der Waals surface area contributed by atoms with Crippen molar-refractivity contribution < 1.29 is 23.1 Å². The van der Waals surface area contributed by atoms with Crippen molar-refractivity contribution in [3.8, 4) is 0 Å². The molecule has 0 unspecified atom stereocenters. The molecule has 1 amide bonds. The maximum absolute atomic E-state index is 14.2. The summed E-state index contributed by atoms with van der Waals surface area (Å²) in [6, 6.07) is 13.7. The lowest BCUT2D eigenvalue weighted by Crippen LogP contribution is -2.56. The Kier molecular flexibility index (Phi) is 9.09. The molecule has 0 saturated carbocycles. The van der Waals surface area contributed by atoms with Gasteiger partial charge in [-0.2, -0.15) is 13.2 Å². The van der Waals surface area contributed by atoms with Gasteiger partial charge in [-0.15, -0.1) is 6.58 Å². The first-order valence-electron chi connectivity index (χ1n) is 12.5. The van der Waals surface area contributed by atoms with Crippen molar-refractivity contribution in [1.82, 2.24) is 4.90 Å². The van der Waals surface area contributed by atoms with Gasteiger partial charge in [0, 0.05) is 22.0 Å². The van der Waals surface area contributed by atoms with Gasteiger partial charge in [-0.3, -0.25) is 4.79 Å². The Labute approximate surface area is 227 Å². The third-order valence-electron chi connectivity index (χ3n) is 7.62. The van der Waals surface area contributed by atoms with Crippen LogP contribution in [0.5, 0.6) is 0 Å². The van der Waals surface area contributed by atoms with Crippen LogP contribution in [0.4, 0.5) is 13.2 Å². The van der Waals surface area contributed by atoms with Crippen molar-refractivity contribution in [2.24, 2.45) is 5.41 Å². The number of halogens is 5. The van der Waals surface area contributed by atoms with E-state index in [1.807, 2.05) is 44.2 Å². The van der Waals surface area contributed by atoms with E-state index in [1.165, 1.54) is 0 Å². The molecule has 2 aromatic rings. The molecule has 1 saturated heterocycles. The number of hydrogen-bond acceptors (Lipinski definition) is 2. The van der Waals surface area contributed by atoms with E-state index < -0.39 is 35.7 Å². The lowest BCUT2D eigenvalue weighted by Gasteiger charge is -2.52. The normalized spacial score (nSPS) is 25.0. The molecular formula is C29H34Cl2F3NO2. The lowest BCUT2D eigenvalue weighted by molar-refractivity contribution is -0.256. The first kappa shape index (κ1) is 29.5. The zero-order valence-electron chi connectivity index (χ0n) is 21.4. The molecule has 37 heavy (non-hydrogen) atoms. The van der Waals surface area contributed by atoms with Gasteiger partial charge in [-0.25, -0.2) is 0 Å². The highest BCUT2D eigenvalue weighted by atomic mass is 35.5. The van der Waals surface area contributed by atoms with E-state index in [9.17, 15) is 23.1 Å². The molecule has 1 heterocycles. The molecule has 1 aliphatic rings. The minimum atomic E-state index is -4.77. The third-order valence-corrected chi connectivity index (χ3v) is 8.11. The predicted octanol–water partition coefficient (Wildman–Crippen LogP) is 8.51. The average molecular weight is 556 g/mol. The summed E-state index contributed by atoms with van der Waals surface area (Å²) in [6.45, 7) is 8.38. The van der Waals surface area contributed by atoms with Gasteiger partial charge in [0.25, 0.3) is 0 Å². The van der Waals surface area contributed by atoms with Crippen molar-refractivity contribution in [1.29, 1.82) is 0 Å². The molecule has 0 radical (unpaired) electrons. The van der Waals surface area contributed by atoms with Crippen LogP contribution < -0.4 is 0 Å². The van der Waals surface area contributed by atoms with E-state index in [0.717, 1.165) is 18.1 Å². The minimum absolute atomic E-state index is 0.00866. The second-order valence-electron chi connectivity index (χ2n) is 10.5. The number of carbonyl (C=O) groups is 1. The van der Waals surface area contributed by atoms with E-state index >= 15 is 0 Å². The number of hydrogen-bond donors (Lipinski definition) is 1. The zero-order valence-corrected chi connectivity index (χ0v) is 22.9. The fraction of sp³-hybridized carbons (Fsp3) is 0.483. The van der Waals surface area contributed by atoms with Gasteiger partial charge >= 0.3 is 6.18 Å². The summed E-state index contributed by atoms with van der Waals surface area (Å²) in [5.74, 6) is -0.316. The van der Waals surface area contributed by atoms with Gasteiger partial charge in [0.15, 0.2) is 5.60 Å². The molecule has 8 heteroatoms. The molecule has 1 N–H and O–H groups in total. The Bertz CT molecular complexity index is 1100. The smallest absolute Gasteiger partial charge is 0.381 e. The fourth-order valence-corrected chi connectivity index (χ4v) is 5.74. The Morgan fingerprint density at radius 3 is 2.35 bits per heavy atom. The number of benzene rings is 2. The molecular weight excluding hydrogens is 522 g/mol. The Morgan fingerprint density at radius 1 is 1.16 bits per heavy atom. The topological polar surface area (TPSA) is 40.5 Å². The molecule has 0 aliphatic carbocycles. The number of carbonyl (C=O) groups excluding carboxylic acids is 1. The van der Waals surface area contributed by atoms with Crippen LogP contribution >= 0.6 is 23.2 Å². The quantitative estimate of drug-likeness (QED) is 0.315. The van der Waals surface area contributed by atoms with E-state index in [0.29, 0.717) is 29.3 Å². The summed E-state index contributed by atoms with van der Waals surface area (Å²) in [7, 11) is 0. The highest BCUT2D eigenvalue weighted by Gasteiger charge is 2.53. The third kappa shape index (κ3) is 6.35. The number of piperidine rings is 1. The second kappa shape index (κ2) is 11.4. The largest absolute Gasteiger partial charge is 0.416 e. The number of alkyl halides is 3. The summed E-state index contributed by atoms with van der Waals surface area (Å²) in [4.78, 5) is 16.0. The maximum atomic E-state index is 14.2. The van der Waals surface area contributed by atoms with E-state index in [2.05, 4.69) is 6.58 Å². The van der Waals surface area contributed by atoms with Crippen molar-refractivity contribution in [2.45, 2.75) is 82.7 Å². The van der Waals surface area contributed by atoms with Crippen LogP contribution in [0.3, 0.4) is 0 Å². The molecule has 0 spiro atoms. The van der Waals surface area contributed by atoms with Gasteiger partial charge in [0.2, 0.25) is 5.91 Å². The van der Waals surface area contributed by atoms with Crippen molar-refractivity contribution in [2.75, 3.05) is 0 Å². The summed E-state index contributed by atoms with van der Waals surface area (Å²) < 4.78 is 40.4. The van der Waals surface area contributed by atoms with Gasteiger partial charge in [-0.1, -0.05) is 67.4 Å². The van der Waals surface area contributed by atoms with Crippen LogP contribution in [-0.4, -0.2) is 33.7 Å². The predicted molar refractivity (Wildman–Crippen MR) is 143 cm³/mol. The summed E-state index contributed by atoms with van der Waals surface area (Å²) in [5.41, 5.74) is -1.88. The Balaban J connectivity index is 2.16. The zero-order chi connectivity index (χ0) is 27.6. The number of nitrogens with zero attached hydrogens (tertiary/aromatic N) is 1. The molecule has 0 aromatic heterocycles. The SMILES string of the molecule is C=CC[C@@]1(C)C[C@H](c2cccc(Cl)c2)[C@@H](c2ccc(Cl)cc2)N([C@@H](CC)CC[C@](C)(O)C(F)(F)F)C1=O. The van der Waals surface area contributed by atoms with Crippen molar-refractivity contribution >= 4 is 29.1 Å². The first-order chi connectivity index (χ1) is 17.2. The number of likely N-dealkylation sites (tertiary alicyclic amines) is 1. The maximum Gasteiger partial charge on any atom is 0.416 e. The Morgan fingerprint density at radius 2 is 1.81 bits per heavy atom. The minimum Gasteiger partial charge on any atom is -0.381 e. The second-order valence-corrected chi connectivity index (χ2v) is 11.4. The van der Waals surface area contributed by atoms with Crippen LogP contribution in [0.25, 0.3) is 0 Å². The molecule has 1 aliphatic heterocycles. The van der Waals surface area contributed by atoms with Gasteiger partial charge in [0.1, 0.15) is 0 Å². The van der Waals surface area contributed by atoms with Crippen molar-refractivity contribution in [3.63, 3.8) is 0 Å². The van der Waals surface area contributed by atoms with Gasteiger partial charge in [-0.05, 0) is 74.4 Å². The van der Waals surface area contributed by atoms with Gasteiger partial charge < -0.3 is 10.0 Å². The lowest BCUT2D eigenvalue weighted by atomic mass is 9.67. The van der Waals surface area contributed by atoms with Crippen LogP contribution in [0.1, 0.15) is 76.0 Å². The molecule has 5 atom stereocenters.